The molecule has 226 valence electrons. The molecule has 2 amide bonds. The fraction of sp³-hybridized carbons (Fsp3) is 0.483. The van der Waals surface area contributed by atoms with E-state index in [1.54, 1.807) is 30.2 Å². The zero-order valence-corrected chi connectivity index (χ0v) is 25.3. The lowest BCUT2D eigenvalue weighted by molar-refractivity contribution is -0.145. The Morgan fingerprint density at radius 3 is 2.26 bits per heavy atom. The van der Waals surface area contributed by atoms with Crippen LogP contribution in [0.15, 0.2) is 36.8 Å². The van der Waals surface area contributed by atoms with Crippen molar-refractivity contribution >= 4 is 29.0 Å². The predicted molar refractivity (Wildman–Crippen MR) is 154 cm³/mol. The van der Waals surface area contributed by atoms with Crippen molar-refractivity contribution in [2.75, 3.05) is 25.0 Å². The fourth-order valence-corrected chi connectivity index (χ4v) is 5.35. The SMILES string of the molecule is Cc1cnc(-c2cc(C(=O)N[C@H](C)c3cnc(C(F)(F)F)nc3)cc(N(C)C3CCN(C(=O)OC(C)(C)C)CC3)c2)s1. The van der Waals surface area contributed by atoms with E-state index in [9.17, 15) is 22.8 Å². The quantitative estimate of drug-likeness (QED) is 0.355. The number of halogens is 3. The summed E-state index contributed by atoms with van der Waals surface area (Å²) >= 11 is 1.51. The topological polar surface area (TPSA) is 101 Å². The number of thiazole rings is 1. The molecule has 3 aromatic rings. The molecule has 13 heteroatoms. The highest BCUT2D eigenvalue weighted by atomic mass is 32.1. The Hall–Kier alpha value is -3.74. The Morgan fingerprint density at radius 2 is 1.71 bits per heavy atom. The molecule has 4 rings (SSSR count). The maximum absolute atomic E-state index is 13.4. The van der Waals surface area contributed by atoms with Crippen LogP contribution in [0.5, 0.6) is 0 Å². The Balaban J connectivity index is 1.53. The van der Waals surface area contributed by atoms with Gasteiger partial charge in [0, 0.05) is 72.0 Å². The molecule has 9 nitrogen and oxygen atoms in total. The van der Waals surface area contributed by atoms with Crippen molar-refractivity contribution in [2.45, 2.75) is 71.3 Å². The highest BCUT2D eigenvalue weighted by molar-refractivity contribution is 7.14. The molecule has 1 atom stereocenters. The molecule has 0 radical (unpaired) electrons. The van der Waals surface area contributed by atoms with Crippen molar-refractivity contribution in [1.82, 2.24) is 25.2 Å². The standard InChI is InChI=1S/C29H35F3N6O3S/c1-17-14-33-25(42-17)20-11-19(24(39)36-18(2)21-15-34-26(35-16-21)29(30,31)32)12-23(13-20)37(6)22-7-9-38(10-8-22)27(40)41-28(3,4)5/h11-16,18,22H,7-10H2,1-6H3,(H,36,39)/t18-/m1/s1. The molecular formula is C29H35F3N6O3S. The second-order valence-corrected chi connectivity index (χ2v) is 12.6. The number of hydrogen-bond donors (Lipinski definition) is 1. The van der Waals surface area contributed by atoms with E-state index in [1.165, 1.54) is 11.3 Å². The van der Waals surface area contributed by atoms with Gasteiger partial charge in [0.05, 0.1) is 6.04 Å². The third-order valence-electron chi connectivity index (χ3n) is 6.89. The van der Waals surface area contributed by atoms with Crippen LogP contribution in [0.25, 0.3) is 10.6 Å². The van der Waals surface area contributed by atoms with Crippen molar-refractivity contribution in [3.63, 3.8) is 0 Å². The van der Waals surface area contributed by atoms with Gasteiger partial charge >= 0.3 is 12.3 Å². The van der Waals surface area contributed by atoms with E-state index in [0.717, 1.165) is 46.4 Å². The maximum Gasteiger partial charge on any atom is 0.451 e. The van der Waals surface area contributed by atoms with E-state index < -0.39 is 29.6 Å². The molecule has 3 heterocycles. The summed E-state index contributed by atoms with van der Waals surface area (Å²) < 4.78 is 44.1. The minimum atomic E-state index is -4.64. The van der Waals surface area contributed by atoms with Crippen molar-refractivity contribution in [2.24, 2.45) is 0 Å². The molecule has 1 aromatic carbocycles. The first-order valence-electron chi connectivity index (χ1n) is 13.6. The fourth-order valence-electron chi connectivity index (χ4n) is 4.60. The first kappa shape index (κ1) is 31.2. The summed E-state index contributed by atoms with van der Waals surface area (Å²) in [6.45, 7) is 10.2. The van der Waals surface area contributed by atoms with Crippen LogP contribution < -0.4 is 10.2 Å². The molecule has 0 spiro atoms. The zero-order chi connectivity index (χ0) is 30.8. The molecule has 0 bridgehead atoms. The zero-order valence-electron chi connectivity index (χ0n) is 24.5. The molecule has 0 aliphatic carbocycles. The van der Waals surface area contributed by atoms with Crippen LogP contribution in [-0.4, -0.2) is 63.6 Å². The van der Waals surface area contributed by atoms with Gasteiger partial charge in [0.25, 0.3) is 5.91 Å². The number of rotatable bonds is 6. The number of carbonyl (C=O) groups excluding carboxylic acids is 2. The number of likely N-dealkylation sites (tertiary alicyclic amines) is 1. The van der Waals surface area contributed by atoms with Crippen molar-refractivity contribution < 1.29 is 27.5 Å². The molecule has 42 heavy (non-hydrogen) atoms. The number of nitrogens with zero attached hydrogens (tertiary/aromatic N) is 5. The smallest absolute Gasteiger partial charge is 0.444 e. The molecule has 1 aliphatic heterocycles. The third kappa shape index (κ3) is 7.75. The lowest BCUT2D eigenvalue weighted by Gasteiger charge is -2.38. The first-order valence-corrected chi connectivity index (χ1v) is 14.4. The summed E-state index contributed by atoms with van der Waals surface area (Å²) in [5.41, 5.74) is 1.75. The van der Waals surface area contributed by atoms with E-state index in [4.69, 9.17) is 4.74 Å². The number of hydrogen-bond acceptors (Lipinski definition) is 8. The number of piperidine rings is 1. The molecule has 1 aliphatic rings. The average molecular weight is 605 g/mol. The third-order valence-corrected chi connectivity index (χ3v) is 7.85. The summed E-state index contributed by atoms with van der Waals surface area (Å²) in [5, 5.41) is 3.61. The summed E-state index contributed by atoms with van der Waals surface area (Å²) in [6, 6.07) is 5.02. The van der Waals surface area contributed by atoms with Gasteiger partial charge < -0.3 is 19.9 Å². The molecule has 1 N–H and O–H groups in total. The largest absolute Gasteiger partial charge is 0.451 e. The van der Waals surface area contributed by atoms with Gasteiger partial charge in [0.2, 0.25) is 5.82 Å². The van der Waals surface area contributed by atoms with Gasteiger partial charge in [-0.2, -0.15) is 13.2 Å². The van der Waals surface area contributed by atoms with Gasteiger partial charge in [-0.15, -0.1) is 11.3 Å². The van der Waals surface area contributed by atoms with E-state index in [1.807, 2.05) is 40.8 Å². The molecule has 1 fully saturated rings. The second-order valence-electron chi connectivity index (χ2n) is 11.4. The second kappa shape index (κ2) is 12.2. The van der Waals surface area contributed by atoms with Crippen LogP contribution in [0.1, 0.15) is 73.2 Å². The van der Waals surface area contributed by atoms with Crippen LogP contribution in [0.4, 0.5) is 23.7 Å². The summed E-state index contributed by atoms with van der Waals surface area (Å²) in [7, 11) is 1.96. The van der Waals surface area contributed by atoms with E-state index in [2.05, 4.69) is 25.2 Å². The summed E-state index contributed by atoms with van der Waals surface area (Å²) in [4.78, 5) is 42.1. The number of nitrogens with one attached hydrogen (secondary N) is 1. The number of ether oxygens (including phenoxy) is 1. The molecule has 2 aromatic heterocycles. The highest BCUT2D eigenvalue weighted by Crippen LogP contribution is 2.32. The lowest BCUT2D eigenvalue weighted by Crippen LogP contribution is -2.47. The van der Waals surface area contributed by atoms with Gasteiger partial charge in [-0.1, -0.05) is 0 Å². The molecule has 0 saturated carbocycles. The van der Waals surface area contributed by atoms with Crippen molar-refractivity contribution in [1.29, 1.82) is 0 Å². The Labute approximate surface area is 247 Å². The first-order chi connectivity index (χ1) is 19.6. The van der Waals surface area contributed by atoms with Gasteiger partial charge in [0.15, 0.2) is 0 Å². The lowest BCUT2D eigenvalue weighted by atomic mass is 10.0. The maximum atomic E-state index is 13.4. The Bertz CT molecular complexity index is 1410. The number of benzene rings is 1. The molecule has 1 saturated heterocycles. The van der Waals surface area contributed by atoms with Crippen LogP contribution in [0.3, 0.4) is 0 Å². The van der Waals surface area contributed by atoms with E-state index in [0.29, 0.717) is 24.2 Å². The van der Waals surface area contributed by atoms with Gasteiger partial charge in [-0.05, 0) is 65.7 Å². The number of carbonyl (C=O) groups is 2. The molecular weight excluding hydrogens is 569 g/mol. The number of anilines is 1. The number of amides is 2. The number of aromatic nitrogens is 3. The predicted octanol–water partition coefficient (Wildman–Crippen LogP) is 6.25. The summed E-state index contributed by atoms with van der Waals surface area (Å²) in [5.74, 6) is -1.63. The Morgan fingerprint density at radius 1 is 1.07 bits per heavy atom. The Kier molecular flexibility index (Phi) is 9.09. The van der Waals surface area contributed by atoms with E-state index >= 15 is 0 Å². The average Bonchev–Trinajstić information content (AvgIpc) is 3.37. The summed E-state index contributed by atoms with van der Waals surface area (Å²) in [6.07, 6.45) is 0.391. The highest BCUT2D eigenvalue weighted by Gasteiger charge is 2.34. The molecule has 0 unspecified atom stereocenters. The van der Waals surface area contributed by atoms with Gasteiger partial charge in [-0.25, -0.2) is 19.7 Å². The minimum Gasteiger partial charge on any atom is -0.444 e. The van der Waals surface area contributed by atoms with E-state index in [-0.39, 0.29) is 12.1 Å². The monoisotopic (exact) mass is 604 g/mol. The van der Waals surface area contributed by atoms with Crippen LogP contribution in [0.2, 0.25) is 0 Å². The minimum absolute atomic E-state index is 0.121. The van der Waals surface area contributed by atoms with Gasteiger partial charge in [-0.3, -0.25) is 4.79 Å². The van der Waals surface area contributed by atoms with Crippen molar-refractivity contribution in [3.8, 4) is 10.6 Å². The number of aryl methyl sites for hydroxylation is 1. The van der Waals surface area contributed by atoms with Crippen LogP contribution >= 0.6 is 11.3 Å². The normalized spacial score (nSPS) is 15.3. The van der Waals surface area contributed by atoms with Gasteiger partial charge in [0.1, 0.15) is 10.6 Å². The van der Waals surface area contributed by atoms with Crippen LogP contribution in [0, 0.1) is 6.92 Å². The number of alkyl halides is 3. The van der Waals surface area contributed by atoms with Crippen molar-refractivity contribution in [3.05, 3.63) is 58.6 Å². The van der Waals surface area contributed by atoms with Crippen LogP contribution in [-0.2, 0) is 10.9 Å².